The molecule has 6 rings (SSSR count). The summed E-state index contributed by atoms with van der Waals surface area (Å²) in [6.45, 7) is 0.493. The number of aromatic nitrogens is 6. The summed E-state index contributed by atoms with van der Waals surface area (Å²) in [5.74, 6) is 3.95. The SMILES string of the molecule is C#Cc1cnc(CC2CCC(C(C(=O)NCc3ccccc3)c3ccc(-c4cnn(C)c4)cn3)CC2)nc1CCc1cccnc1. The highest BCUT2D eigenvalue weighted by Crippen LogP contribution is 2.39. The maximum absolute atomic E-state index is 13.8. The molecule has 1 saturated carbocycles. The lowest BCUT2D eigenvalue weighted by Crippen LogP contribution is -2.35. The maximum atomic E-state index is 13.8. The van der Waals surface area contributed by atoms with Crippen LogP contribution in [0.4, 0.5) is 0 Å². The molecular formula is C38H39N7O. The van der Waals surface area contributed by atoms with Gasteiger partial charge < -0.3 is 5.32 Å². The van der Waals surface area contributed by atoms with Crippen molar-refractivity contribution in [2.75, 3.05) is 0 Å². The first-order valence-corrected chi connectivity index (χ1v) is 16.0. The molecule has 0 saturated heterocycles. The number of rotatable bonds is 11. The van der Waals surface area contributed by atoms with E-state index < -0.39 is 0 Å². The van der Waals surface area contributed by atoms with E-state index in [1.165, 1.54) is 0 Å². The van der Waals surface area contributed by atoms with Crippen LogP contribution in [0.5, 0.6) is 0 Å². The van der Waals surface area contributed by atoms with E-state index in [-0.39, 0.29) is 17.7 Å². The third-order valence-corrected chi connectivity index (χ3v) is 9.02. The van der Waals surface area contributed by atoms with Crippen LogP contribution in [-0.4, -0.2) is 35.6 Å². The number of aryl methyl sites for hydroxylation is 3. The van der Waals surface area contributed by atoms with E-state index >= 15 is 0 Å². The fourth-order valence-corrected chi connectivity index (χ4v) is 6.48. The topological polar surface area (TPSA) is 98.5 Å². The molecule has 4 heterocycles. The van der Waals surface area contributed by atoms with Crippen molar-refractivity contribution in [1.29, 1.82) is 0 Å². The predicted molar refractivity (Wildman–Crippen MR) is 178 cm³/mol. The zero-order valence-corrected chi connectivity index (χ0v) is 26.2. The van der Waals surface area contributed by atoms with Gasteiger partial charge in [0.2, 0.25) is 5.91 Å². The van der Waals surface area contributed by atoms with E-state index in [0.717, 1.165) is 90.0 Å². The second-order valence-corrected chi connectivity index (χ2v) is 12.2. The van der Waals surface area contributed by atoms with Crippen molar-refractivity contribution in [3.8, 4) is 23.5 Å². The number of hydrogen-bond acceptors (Lipinski definition) is 6. The molecule has 8 nitrogen and oxygen atoms in total. The number of nitrogens with one attached hydrogen (secondary N) is 1. The lowest BCUT2D eigenvalue weighted by molar-refractivity contribution is -0.124. The summed E-state index contributed by atoms with van der Waals surface area (Å²) in [7, 11) is 1.90. The van der Waals surface area contributed by atoms with Gasteiger partial charge in [-0.1, -0.05) is 48.4 Å². The monoisotopic (exact) mass is 609 g/mol. The molecule has 1 atom stereocenters. The van der Waals surface area contributed by atoms with E-state index in [4.69, 9.17) is 16.4 Å². The van der Waals surface area contributed by atoms with Gasteiger partial charge in [-0.15, -0.1) is 6.42 Å². The Labute approximate surface area is 270 Å². The van der Waals surface area contributed by atoms with Gasteiger partial charge in [-0.05, 0) is 73.6 Å². The van der Waals surface area contributed by atoms with Crippen molar-refractivity contribution in [2.24, 2.45) is 18.9 Å². The Morgan fingerprint density at radius 2 is 1.76 bits per heavy atom. The Balaban J connectivity index is 1.13. The molecule has 5 aromatic rings. The first-order chi connectivity index (χ1) is 22.6. The van der Waals surface area contributed by atoms with Crippen LogP contribution in [0.3, 0.4) is 0 Å². The van der Waals surface area contributed by atoms with Gasteiger partial charge in [0, 0.05) is 62.1 Å². The average Bonchev–Trinajstić information content (AvgIpc) is 3.54. The van der Waals surface area contributed by atoms with Crippen LogP contribution in [0.25, 0.3) is 11.1 Å². The van der Waals surface area contributed by atoms with Crippen LogP contribution in [0.1, 0.15) is 65.5 Å². The second kappa shape index (κ2) is 14.7. The van der Waals surface area contributed by atoms with Crippen LogP contribution in [0.15, 0.2) is 91.8 Å². The summed E-state index contributed by atoms with van der Waals surface area (Å²) in [5.41, 5.74) is 6.71. The van der Waals surface area contributed by atoms with E-state index in [1.807, 2.05) is 80.4 Å². The van der Waals surface area contributed by atoms with Gasteiger partial charge in [0.05, 0.1) is 29.1 Å². The fraction of sp³-hybridized carbons (Fsp3) is 0.316. The highest BCUT2D eigenvalue weighted by Gasteiger charge is 2.34. The summed E-state index contributed by atoms with van der Waals surface area (Å²) in [6, 6.07) is 18.1. The second-order valence-electron chi connectivity index (χ2n) is 12.2. The molecule has 232 valence electrons. The summed E-state index contributed by atoms with van der Waals surface area (Å²) >= 11 is 0. The number of benzene rings is 1. The molecule has 1 aliphatic rings. The molecule has 1 amide bonds. The summed E-state index contributed by atoms with van der Waals surface area (Å²) in [6.07, 6.45) is 23.2. The third kappa shape index (κ3) is 7.73. The molecule has 8 heteroatoms. The largest absolute Gasteiger partial charge is 0.351 e. The molecule has 1 unspecified atom stereocenters. The van der Waals surface area contributed by atoms with Gasteiger partial charge in [-0.3, -0.25) is 19.4 Å². The van der Waals surface area contributed by atoms with Crippen LogP contribution < -0.4 is 5.32 Å². The molecule has 1 aromatic carbocycles. The van der Waals surface area contributed by atoms with E-state index in [9.17, 15) is 4.79 Å². The fourth-order valence-electron chi connectivity index (χ4n) is 6.48. The number of amides is 1. The van der Waals surface area contributed by atoms with Crippen LogP contribution in [0.2, 0.25) is 0 Å². The Bertz CT molecular complexity index is 1770. The number of nitrogens with zero attached hydrogens (tertiary/aromatic N) is 6. The van der Waals surface area contributed by atoms with Crippen molar-refractivity contribution < 1.29 is 4.79 Å². The zero-order valence-electron chi connectivity index (χ0n) is 26.2. The van der Waals surface area contributed by atoms with Crippen molar-refractivity contribution in [2.45, 2.75) is 57.4 Å². The molecule has 1 N–H and O–H groups in total. The lowest BCUT2D eigenvalue weighted by Gasteiger charge is -2.33. The minimum absolute atomic E-state index is 0.0281. The van der Waals surface area contributed by atoms with Gasteiger partial charge in [0.25, 0.3) is 0 Å². The number of carbonyl (C=O) groups excluding carboxylic acids is 1. The molecule has 0 aliphatic heterocycles. The van der Waals surface area contributed by atoms with Crippen LogP contribution >= 0.6 is 0 Å². The van der Waals surface area contributed by atoms with Gasteiger partial charge in [-0.25, -0.2) is 9.97 Å². The Morgan fingerprint density at radius 1 is 0.935 bits per heavy atom. The number of terminal acetylenes is 1. The summed E-state index contributed by atoms with van der Waals surface area (Å²) in [5, 5.41) is 7.49. The first-order valence-electron chi connectivity index (χ1n) is 16.0. The summed E-state index contributed by atoms with van der Waals surface area (Å²) in [4.78, 5) is 32.4. The third-order valence-electron chi connectivity index (χ3n) is 9.02. The Hall–Kier alpha value is -5.16. The van der Waals surface area contributed by atoms with Crippen molar-refractivity contribution in [3.63, 3.8) is 0 Å². The number of carbonyl (C=O) groups is 1. The molecule has 1 aliphatic carbocycles. The quantitative estimate of drug-likeness (QED) is 0.188. The first kappa shape index (κ1) is 30.8. The smallest absolute Gasteiger partial charge is 0.229 e. The van der Waals surface area contributed by atoms with Crippen molar-refractivity contribution in [1.82, 2.24) is 35.0 Å². The van der Waals surface area contributed by atoms with E-state index in [0.29, 0.717) is 12.5 Å². The van der Waals surface area contributed by atoms with Crippen molar-refractivity contribution in [3.05, 3.63) is 126 Å². The van der Waals surface area contributed by atoms with E-state index in [1.54, 1.807) is 17.1 Å². The van der Waals surface area contributed by atoms with E-state index in [2.05, 4.69) is 32.4 Å². The lowest BCUT2D eigenvalue weighted by atomic mass is 9.73. The molecule has 0 bridgehead atoms. The van der Waals surface area contributed by atoms with Crippen LogP contribution in [-0.2, 0) is 37.6 Å². The minimum atomic E-state index is -0.321. The molecule has 1 fully saturated rings. The van der Waals surface area contributed by atoms with Gasteiger partial charge in [0.1, 0.15) is 5.82 Å². The van der Waals surface area contributed by atoms with Gasteiger partial charge in [-0.2, -0.15) is 5.10 Å². The molecular weight excluding hydrogens is 570 g/mol. The van der Waals surface area contributed by atoms with Crippen molar-refractivity contribution >= 4 is 5.91 Å². The Morgan fingerprint density at radius 3 is 2.46 bits per heavy atom. The standard InChI is InChI=1S/C38H39N7O/c1-3-30-23-41-36(44-34(30)17-13-29-10-7-19-39-21-29)20-27-11-14-31(15-12-27)37(38(46)42-22-28-8-5-4-6-9-28)35-18-16-32(24-40-35)33-25-43-45(2)26-33/h1,4-10,16,18-19,21,23-27,31,37H,11-15,17,20,22H2,2H3,(H,42,46). The number of pyridine rings is 2. The highest BCUT2D eigenvalue weighted by molar-refractivity contribution is 5.83. The normalized spacial score (nSPS) is 16.8. The molecule has 0 spiro atoms. The Kier molecular flexibility index (Phi) is 9.89. The summed E-state index contributed by atoms with van der Waals surface area (Å²) < 4.78 is 1.78. The average molecular weight is 610 g/mol. The zero-order chi connectivity index (χ0) is 31.7. The highest BCUT2D eigenvalue weighted by atomic mass is 16.1. The minimum Gasteiger partial charge on any atom is -0.351 e. The van der Waals surface area contributed by atoms with Gasteiger partial charge in [0.15, 0.2) is 0 Å². The molecule has 46 heavy (non-hydrogen) atoms. The molecule has 0 radical (unpaired) electrons. The van der Waals surface area contributed by atoms with Gasteiger partial charge >= 0.3 is 0 Å². The molecule has 4 aromatic heterocycles. The maximum Gasteiger partial charge on any atom is 0.229 e. The van der Waals surface area contributed by atoms with Crippen LogP contribution in [0, 0.1) is 24.2 Å². The number of hydrogen-bond donors (Lipinski definition) is 1. The predicted octanol–water partition coefficient (Wildman–Crippen LogP) is 5.88.